The minimum Gasteiger partial charge on any atom is -0.382 e. The smallest absolute Gasteiger partial charge is 0.335 e. The molecule has 0 bridgehead atoms. The number of hydrogen-bond donors (Lipinski definition) is 2. The number of rotatable bonds is 19. The van der Waals surface area contributed by atoms with Gasteiger partial charge in [0.15, 0.2) is 0 Å². The Balaban J connectivity index is 0.000000361. The summed E-state index contributed by atoms with van der Waals surface area (Å²) >= 11 is 0. The van der Waals surface area contributed by atoms with Gasteiger partial charge in [-0.2, -0.15) is 0 Å². The van der Waals surface area contributed by atoms with E-state index >= 15 is 0 Å². The maximum Gasteiger partial charge on any atom is 0.335 e. The number of hydroxylamine groups is 2. The molecule has 3 fully saturated rings. The van der Waals surface area contributed by atoms with Crippen LogP contribution < -0.4 is 11.5 Å². The summed E-state index contributed by atoms with van der Waals surface area (Å²) < 4.78 is 20.0. The normalized spacial score (nSPS) is 22.8. The minimum atomic E-state index is -0.661. The summed E-state index contributed by atoms with van der Waals surface area (Å²) in [6, 6.07) is 0. The highest BCUT2D eigenvalue weighted by molar-refractivity contribution is 6.01. The van der Waals surface area contributed by atoms with E-state index in [-0.39, 0.29) is 25.9 Å². The number of amides is 2. The number of ether oxygens (including phenoxy) is 4. The van der Waals surface area contributed by atoms with Crippen LogP contribution >= 0.6 is 0 Å². The van der Waals surface area contributed by atoms with Crippen molar-refractivity contribution in [1.29, 1.82) is 0 Å². The zero-order chi connectivity index (χ0) is 34.0. The summed E-state index contributed by atoms with van der Waals surface area (Å²) in [5.41, 5.74) is 11.1. The summed E-state index contributed by atoms with van der Waals surface area (Å²) in [6.45, 7) is 6.76. The van der Waals surface area contributed by atoms with Crippen molar-refractivity contribution in [2.45, 2.75) is 103 Å². The summed E-state index contributed by atoms with van der Waals surface area (Å²) in [5.74, 6) is 2.06. The van der Waals surface area contributed by atoms with Crippen LogP contribution in [0, 0.1) is 23.7 Å². The number of methoxy groups -OCH3 is 2. The van der Waals surface area contributed by atoms with Gasteiger partial charge in [-0.05, 0) is 68.9 Å². The van der Waals surface area contributed by atoms with Crippen molar-refractivity contribution in [2.24, 2.45) is 35.1 Å². The molecule has 0 spiro atoms. The molecule has 2 aliphatic carbocycles. The van der Waals surface area contributed by atoms with Crippen molar-refractivity contribution >= 4 is 23.6 Å². The lowest BCUT2D eigenvalue weighted by atomic mass is 9.79. The van der Waals surface area contributed by atoms with Gasteiger partial charge < -0.3 is 35.3 Å². The van der Waals surface area contributed by atoms with Crippen LogP contribution in [0.3, 0.4) is 0 Å². The van der Waals surface area contributed by atoms with Crippen molar-refractivity contribution in [3.63, 3.8) is 0 Å². The van der Waals surface area contributed by atoms with Gasteiger partial charge in [0.25, 0.3) is 11.8 Å². The molecular weight excluding hydrogens is 594 g/mol. The van der Waals surface area contributed by atoms with E-state index in [9.17, 15) is 19.2 Å². The summed E-state index contributed by atoms with van der Waals surface area (Å²) in [7, 11) is 3.20. The lowest BCUT2D eigenvalue weighted by Crippen LogP contribution is -2.32. The summed E-state index contributed by atoms with van der Waals surface area (Å²) in [5, 5.41) is 0.525. The topological polar surface area (TPSA) is 170 Å². The van der Waals surface area contributed by atoms with E-state index in [4.69, 9.17) is 30.4 Å². The third-order valence-corrected chi connectivity index (χ3v) is 9.05. The Morgan fingerprint density at radius 3 is 1.57 bits per heavy atom. The van der Waals surface area contributed by atoms with E-state index in [1.54, 1.807) is 14.2 Å². The predicted molar refractivity (Wildman–Crippen MR) is 175 cm³/mol. The fraction of sp³-hybridized carbons (Fsp3) is 0.882. The standard InChI is InChI=1S/C16H30O3.C10H15NO6.C8H18N2/c1-3-14-4-6-15(7-5-14)8-9-16(17)10-11-19-13-12-18-2;1-15-6-7-16-5-4-10(14)17-11-8(12)2-3-9(11)13;9-5-7-1-2-8(6-10)4-3-7/h14-15H,3-13H2,1-2H3;2-7H2,1H3;7-8H,1-6,9-10H2. The molecule has 3 aliphatic rings. The first-order valence-corrected chi connectivity index (χ1v) is 17.4. The molecule has 2 saturated carbocycles. The number of ketones is 1. The molecule has 0 radical (unpaired) electrons. The van der Waals surface area contributed by atoms with Gasteiger partial charge in [-0.3, -0.25) is 14.4 Å². The van der Waals surface area contributed by atoms with Gasteiger partial charge in [-0.1, -0.05) is 39.0 Å². The van der Waals surface area contributed by atoms with Crippen LogP contribution in [0.4, 0.5) is 0 Å². The van der Waals surface area contributed by atoms with E-state index in [1.807, 2.05) is 0 Å². The Morgan fingerprint density at radius 2 is 1.11 bits per heavy atom. The molecule has 0 aromatic rings. The zero-order valence-electron chi connectivity index (χ0n) is 28.8. The molecule has 0 aromatic carbocycles. The van der Waals surface area contributed by atoms with E-state index in [2.05, 4.69) is 11.8 Å². The maximum absolute atomic E-state index is 11.7. The lowest BCUT2D eigenvalue weighted by molar-refractivity contribution is -0.198. The molecule has 0 unspecified atom stereocenters. The molecule has 1 aliphatic heterocycles. The molecule has 1 heterocycles. The average Bonchev–Trinajstić information content (AvgIpc) is 3.40. The third kappa shape index (κ3) is 19.6. The van der Waals surface area contributed by atoms with Crippen LogP contribution in [0.15, 0.2) is 0 Å². The van der Waals surface area contributed by atoms with Crippen LogP contribution in [0.2, 0.25) is 0 Å². The minimum absolute atomic E-state index is 0.0131. The average molecular weight is 658 g/mol. The predicted octanol–water partition coefficient (Wildman–Crippen LogP) is 3.96. The number of Topliss-reactive ketones (excluding diaryl/α,β-unsaturated/α-hetero) is 1. The molecule has 2 amide bonds. The fourth-order valence-corrected chi connectivity index (χ4v) is 5.76. The lowest BCUT2D eigenvalue weighted by Gasteiger charge is -2.27. The Labute approximate surface area is 276 Å². The number of nitrogens with zero attached hydrogens (tertiary/aromatic N) is 1. The van der Waals surface area contributed by atoms with Crippen LogP contribution in [-0.4, -0.2) is 95.6 Å². The molecule has 268 valence electrons. The Hall–Kier alpha value is -1.96. The summed E-state index contributed by atoms with van der Waals surface area (Å²) in [6.07, 6.45) is 14.5. The maximum atomic E-state index is 11.7. The quantitative estimate of drug-likeness (QED) is 0.152. The molecule has 46 heavy (non-hydrogen) atoms. The molecule has 12 heteroatoms. The first kappa shape index (κ1) is 42.1. The monoisotopic (exact) mass is 657 g/mol. The second-order valence-corrected chi connectivity index (χ2v) is 12.5. The Kier molecular flexibility index (Phi) is 24.7. The Bertz CT molecular complexity index is 801. The number of imide groups is 1. The largest absolute Gasteiger partial charge is 0.382 e. The number of carbonyl (C=O) groups excluding carboxylic acids is 4. The van der Waals surface area contributed by atoms with Crippen molar-refractivity contribution in [1.82, 2.24) is 5.06 Å². The van der Waals surface area contributed by atoms with Gasteiger partial charge in [-0.15, -0.1) is 5.06 Å². The van der Waals surface area contributed by atoms with Crippen LogP contribution in [-0.2, 0) is 43.0 Å². The van der Waals surface area contributed by atoms with Crippen LogP contribution in [0.1, 0.15) is 103 Å². The number of hydrogen-bond acceptors (Lipinski definition) is 11. The third-order valence-electron chi connectivity index (χ3n) is 9.05. The van der Waals surface area contributed by atoms with Gasteiger partial charge in [0.1, 0.15) is 5.78 Å². The molecule has 0 atom stereocenters. The van der Waals surface area contributed by atoms with Gasteiger partial charge in [0, 0.05) is 39.9 Å². The molecule has 0 aromatic heterocycles. The molecule has 12 nitrogen and oxygen atoms in total. The molecule has 3 rings (SSSR count). The molecule has 4 N–H and O–H groups in total. The van der Waals surface area contributed by atoms with Gasteiger partial charge in [0.2, 0.25) is 0 Å². The number of nitrogens with two attached hydrogens (primary N) is 2. The first-order chi connectivity index (χ1) is 22.3. The van der Waals surface area contributed by atoms with E-state index in [1.165, 1.54) is 57.8 Å². The van der Waals surface area contributed by atoms with Crippen molar-refractivity contribution in [3.8, 4) is 0 Å². The van der Waals surface area contributed by atoms with E-state index in [0.29, 0.717) is 50.3 Å². The highest BCUT2D eigenvalue weighted by Gasteiger charge is 2.32. The molecule has 1 saturated heterocycles. The van der Waals surface area contributed by atoms with Gasteiger partial charge in [0.05, 0.1) is 46.1 Å². The van der Waals surface area contributed by atoms with Crippen LogP contribution in [0.25, 0.3) is 0 Å². The highest BCUT2D eigenvalue weighted by Crippen LogP contribution is 2.33. The van der Waals surface area contributed by atoms with Gasteiger partial charge in [-0.25, -0.2) is 4.79 Å². The second kappa shape index (κ2) is 27.0. The van der Waals surface area contributed by atoms with Crippen molar-refractivity contribution in [2.75, 3.05) is 67.0 Å². The second-order valence-electron chi connectivity index (χ2n) is 12.5. The number of carbonyl (C=O) groups is 4. The zero-order valence-corrected chi connectivity index (χ0v) is 28.8. The molecular formula is C34H63N3O9. The first-order valence-electron chi connectivity index (χ1n) is 17.4. The SMILES string of the molecule is CCC1CCC(CCC(=O)CCOCCOC)CC1.COCCOCCC(=O)ON1C(=O)CCC1=O.NCC1CCC(CN)CC1. The Morgan fingerprint density at radius 1 is 0.652 bits per heavy atom. The van der Waals surface area contributed by atoms with Crippen molar-refractivity contribution < 1.29 is 43.0 Å². The van der Waals surface area contributed by atoms with Crippen molar-refractivity contribution in [3.05, 3.63) is 0 Å². The van der Waals surface area contributed by atoms with E-state index in [0.717, 1.165) is 49.6 Å². The fourth-order valence-electron chi connectivity index (χ4n) is 5.76. The highest BCUT2D eigenvalue weighted by atomic mass is 16.7. The summed E-state index contributed by atoms with van der Waals surface area (Å²) in [4.78, 5) is 49.8. The van der Waals surface area contributed by atoms with Gasteiger partial charge >= 0.3 is 5.97 Å². The van der Waals surface area contributed by atoms with Crippen LogP contribution in [0.5, 0.6) is 0 Å². The van der Waals surface area contributed by atoms with E-state index < -0.39 is 17.8 Å².